The molecule has 0 radical (unpaired) electrons. The molecule has 1 aromatic rings. The summed E-state index contributed by atoms with van der Waals surface area (Å²) in [5, 5.41) is 2.90. The zero-order valence-electron chi connectivity index (χ0n) is 12.8. The SMILES string of the molecule is CC[C@H](C)CC(=O)N1CCC[C@H]1C(=O)Nc1ccccc1. The van der Waals surface area contributed by atoms with Crippen LogP contribution in [-0.2, 0) is 9.59 Å². The Balaban J connectivity index is 1.97. The van der Waals surface area contributed by atoms with Crippen molar-refractivity contribution in [2.75, 3.05) is 11.9 Å². The van der Waals surface area contributed by atoms with E-state index in [-0.39, 0.29) is 17.9 Å². The van der Waals surface area contributed by atoms with Gasteiger partial charge in [0.2, 0.25) is 11.8 Å². The summed E-state index contributed by atoms with van der Waals surface area (Å²) in [6.07, 6.45) is 3.18. The van der Waals surface area contributed by atoms with E-state index in [9.17, 15) is 9.59 Å². The molecule has 2 amide bonds. The van der Waals surface area contributed by atoms with Crippen LogP contribution in [0.15, 0.2) is 30.3 Å². The third kappa shape index (κ3) is 4.06. The second-order valence-electron chi connectivity index (χ2n) is 5.82. The highest BCUT2D eigenvalue weighted by molar-refractivity contribution is 5.97. The summed E-state index contributed by atoms with van der Waals surface area (Å²) in [5.41, 5.74) is 0.781. The zero-order valence-corrected chi connectivity index (χ0v) is 12.8. The average Bonchev–Trinajstić information content (AvgIpc) is 2.97. The predicted octanol–water partition coefficient (Wildman–Crippen LogP) is 3.05. The highest BCUT2D eigenvalue weighted by atomic mass is 16.2. The van der Waals surface area contributed by atoms with Crippen molar-refractivity contribution in [3.05, 3.63) is 30.3 Å². The number of hydrogen-bond donors (Lipinski definition) is 1. The zero-order chi connectivity index (χ0) is 15.2. The molecule has 1 aromatic carbocycles. The summed E-state index contributed by atoms with van der Waals surface area (Å²) < 4.78 is 0. The van der Waals surface area contributed by atoms with Crippen LogP contribution in [0.2, 0.25) is 0 Å². The first-order chi connectivity index (χ1) is 10.1. The monoisotopic (exact) mass is 288 g/mol. The van der Waals surface area contributed by atoms with Crippen molar-refractivity contribution < 1.29 is 9.59 Å². The van der Waals surface area contributed by atoms with Crippen molar-refractivity contribution in [3.8, 4) is 0 Å². The summed E-state index contributed by atoms with van der Waals surface area (Å²) >= 11 is 0. The second kappa shape index (κ2) is 7.25. The Hall–Kier alpha value is -1.84. The lowest BCUT2D eigenvalue weighted by Gasteiger charge is -2.25. The van der Waals surface area contributed by atoms with Crippen LogP contribution in [0.25, 0.3) is 0 Å². The molecule has 1 N–H and O–H groups in total. The number of anilines is 1. The normalized spacial score (nSPS) is 19.3. The first-order valence-electron chi connectivity index (χ1n) is 7.77. The lowest BCUT2D eigenvalue weighted by Crippen LogP contribution is -2.43. The number of para-hydroxylation sites is 1. The number of likely N-dealkylation sites (tertiary alicyclic amines) is 1. The summed E-state index contributed by atoms with van der Waals surface area (Å²) in [4.78, 5) is 26.5. The molecule has 2 atom stereocenters. The Morgan fingerprint density at radius 3 is 2.71 bits per heavy atom. The molecule has 0 bridgehead atoms. The molecule has 0 aliphatic carbocycles. The van der Waals surface area contributed by atoms with Gasteiger partial charge in [0.05, 0.1) is 0 Å². The van der Waals surface area contributed by atoms with Gasteiger partial charge in [-0.2, -0.15) is 0 Å². The lowest BCUT2D eigenvalue weighted by atomic mass is 10.0. The van der Waals surface area contributed by atoms with Gasteiger partial charge in [-0.25, -0.2) is 0 Å². The highest BCUT2D eigenvalue weighted by Gasteiger charge is 2.34. The number of amides is 2. The van der Waals surface area contributed by atoms with Gasteiger partial charge in [-0.15, -0.1) is 0 Å². The Morgan fingerprint density at radius 1 is 1.33 bits per heavy atom. The van der Waals surface area contributed by atoms with Gasteiger partial charge in [-0.05, 0) is 30.9 Å². The van der Waals surface area contributed by atoms with E-state index in [1.165, 1.54) is 0 Å². The molecular formula is C17H24N2O2. The van der Waals surface area contributed by atoms with E-state index in [1.807, 2.05) is 30.3 Å². The largest absolute Gasteiger partial charge is 0.331 e. The molecular weight excluding hydrogens is 264 g/mol. The molecule has 114 valence electrons. The molecule has 0 unspecified atom stereocenters. The number of hydrogen-bond acceptors (Lipinski definition) is 2. The number of carbonyl (C=O) groups excluding carboxylic acids is 2. The molecule has 21 heavy (non-hydrogen) atoms. The molecule has 4 heteroatoms. The van der Waals surface area contributed by atoms with Crippen LogP contribution in [0.1, 0.15) is 39.5 Å². The van der Waals surface area contributed by atoms with Crippen molar-refractivity contribution in [3.63, 3.8) is 0 Å². The van der Waals surface area contributed by atoms with E-state index in [0.717, 1.165) is 24.9 Å². The van der Waals surface area contributed by atoms with Gasteiger partial charge in [-0.3, -0.25) is 9.59 Å². The van der Waals surface area contributed by atoms with E-state index in [4.69, 9.17) is 0 Å². The number of nitrogens with zero attached hydrogens (tertiary/aromatic N) is 1. The minimum absolute atomic E-state index is 0.0730. The fraction of sp³-hybridized carbons (Fsp3) is 0.529. The lowest BCUT2D eigenvalue weighted by molar-refractivity contribution is -0.137. The van der Waals surface area contributed by atoms with Crippen molar-refractivity contribution >= 4 is 17.5 Å². The Morgan fingerprint density at radius 2 is 2.05 bits per heavy atom. The van der Waals surface area contributed by atoms with Crippen LogP contribution in [-0.4, -0.2) is 29.3 Å². The van der Waals surface area contributed by atoms with E-state index in [0.29, 0.717) is 18.9 Å². The fourth-order valence-corrected chi connectivity index (χ4v) is 2.64. The molecule has 1 aliphatic rings. The average molecular weight is 288 g/mol. The number of carbonyl (C=O) groups is 2. The second-order valence-corrected chi connectivity index (χ2v) is 5.82. The maximum atomic E-state index is 12.4. The molecule has 2 rings (SSSR count). The van der Waals surface area contributed by atoms with Crippen LogP contribution >= 0.6 is 0 Å². The first kappa shape index (κ1) is 15.5. The summed E-state index contributed by atoms with van der Waals surface area (Å²) in [6.45, 7) is 4.86. The predicted molar refractivity (Wildman–Crippen MR) is 83.9 cm³/mol. The van der Waals surface area contributed by atoms with Gasteiger partial charge >= 0.3 is 0 Å². The van der Waals surface area contributed by atoms with Crippen LogP contribution in [0.4, 0.5) is 5.69 Å². The van der Waals surface area contributed by atoms with E-state index in [1.54, 1.807) is 4.90 Å². The number of nitrogens with one attached hydrogen (secondary N) is 1. The third-order valence-electron chi connectivity index (χ3n) is 4.14. The smallest absolute Gasteiger partial charge is 0.247 e. The number of rotatable bonds is 5. The Kier molecular flexibility index (Phi) is 5.37. The minimum atomic E-state index is -0.318. The molecule has 1 saturated heterocycles. The van der Waals surface area contributed by atoms with E-state index >= 15 is 0 Å². The van der Waals surface area contributed by atoms with Crippen LogP contribution < -0.4 is 5.32 Å². The maximum Gasteiger partial charge on any atom is 0.247 e. The standard InChI is InChI=1S/C17H24N2O2/c1-3-13(2)12-16(20)19-11-7-10-15(19)17(21)18-14-8-5-4-6-9-14/h4-6,8-9,13,15H,3,7,10-12H2,1-2H3,(H,18,21)/t13-,15-/m0/s1. The van der Waals surface area contributed by atoms with Gasteiger partial charge in [0.15, 0.2) is 0 Å². The highest BCUT2D eigenvalue weighted by Crippen LogP contribution is 2.22. The van der Waals surface area contributed by atoms with Crippen molar-refractivity contribution in [1.82, 2.24) is 4.90 Å². The summed E-state index contributed by atoms with van der Waals surface area (Å²) in [6, 6.07) is 9.08. The summed E-state index contributed by atoms with van der Waals surface area (Å²) in [7, 11) is 0. The van der Waals surface area contributed by atoms with Gasteiger partial charge in [0.25, 0.3) is 0 Å². The van der Waals surface area contributed by atoms with Gasteiger partial charge < -0.3 is 10.2 Å². The van der Waals surface area contributed by atoms with E-state index in [2.05, 4.69) is 19.2 Å². The molecule has 1 aliphatic heterocycles. The Bertz CT molecular complexity index is 487. The van der Waals surface area contributed by atoms with Crippen LogP contribution in [0.5, 0.6) is 0 Å². The molecule has 0 aromatic heterocycles. The summed E-state index contributed by atoms with van der Waals surface area (Å²) in [5.74, 6) is 0.405. The molecule has 0 spiro atoms. The quantitative estimate of drug-likeness (QED) is 0.905. The molecule has 0 saturated carbocycles. The van der Waals surface area contributed by atoms with Gasteiger partial charge in [0.1, 0.15) is 6.04 Å². The number of benzene rings is 1. The molecule has 4 nitrogen and oxygen atoms in total. The van der Waals surface area contributed by atoms with E-state index < -0.39 is 0 Å². The van der Waals surface area contributed by atoms with Gasteiger partial charge in [0, 0.05) is 18.7 Å². The maximum absolute atomic E-state index is 12.4. The topological polar surface area (TPSA) is 49.4 Å². The Labute approximate surface area is 126 Å². The minimum Gasteiger partial charge on any atom is -0.331 e. The van der Waals surface area contributed by atoms with Crippen molar-refractivity contribution in [2.45, 2.75) is 45.6 Å². The van der Waals surface area contributed by atoms with Crippen molar-refractivity contribution in [2.24, 2.45) is 5.92 Å². The van der Waals surface area contributed by atoms with Crippen LogP contribution in [0, 0.1) is 5.92 Å². The molecule has 1 heterocycles. The van der Waals surface area contributed by atoms with Gasteiger partial charge in [-0.1, -0.05) is 38.5 Å². The fourth-order valence-electron chi connectivity index (χ4n) is 2.64. The van der Waals surface area contributed by atoms with Crippen molar-refractivity contribution in [1.29, 1.82) is 0 Å². The molecule has 1 fully saturated rings. The third-order valence-corrected chi connectivity index (χ3v) is 4.14. The van der Waals surface area contributed by atoms with Crippen LogP contribution in [0.3, 0.4) is 0 Å². The first-order valence-corrected chi connectivity index (χ1v) is 7.77.